The molecule has 0 amide bonds. The first kappa shape index (κ1) is 14.1. The van der Waals surface area contributed by atoms with Crippen LogP contribution in [0.1, 0.15) is 30.9 Å². The molecule has 0 spiro atoms. The van der Waals surface area contributed by atoms with Crippen LogP contribution < -0.4 is 11.1 Å². The molecule has 0 aliphatic carbocycles. The number of nitrogens with zero attached hydrogens (tertiary/aromatic N) is 2. The first-order valence-electron chi connectivity index (χ1n) is 6.70. The Morgan fingerprint density at radius 3 is 2.55 bits per heavy atom. The molecule has 5 nitrogen and oxygen atoms in total. The highest BCUT2D eigenvalue weighted by Gasteiger charge is 2.12. The molecule has 106 valence electrons. The number of nitrogens with two attached hydrogens (primary N) is 1. The number of phenolic OH excluding ortho intramolecular Hbond substituents is 1. The number of hydrogen-bond acceptors (Lipinski definition) is 5. The van der Waals surface area contributed by atoms with Gasteiger partial charge in [-0.2, -0.15) is 0 Å². The molecule has 0 unspecified atom stereocenters. The summed E-state index contributed by atoms with van der Waals surface area (Å²) in [4.78, 5) is 8.30. The molecule has 5 heteroatoms. The summed E-state index contributed by atoms with van der Waals surface area (Å²) in [6.07, 6.45) is 2.33. The Balaban J connectivity index is 2.01. The molecule has 0 atom stereocenters. The van der Waals surface area contributed by atoms with Crippen LogP contribution in [0.3, 0.4) is 0 Å². The molecule has 1 heterocycles. The average Bonchev–Trinajstić information content (AvgIpc) is 2.40. The molecule has 1 aromatic carbocycles. The number of benzene rings is 1. The molecule has 0 fully saturated rings. The normalized spacial score (nSPS) is 10.8. The minimum absolute atomic E-state index is 0.271. The molecule has 1 aromatic heterocycles. The van der Waals surface area contributed by atoms with Gasteiger partial charge in [-0.15, -0.1) is 0 Å². The van der Waals surface area contributed by atoms with Crippen LogP contribution in [0.5, 0.6) is 5.75 Å². The van der Waals surface area contributed by atoms with Crippen molar-refractivity contribution in [3.8, 4) is 5.75 Å². The number of nitrogen functional groups attached to an aromatic ring is 1. The summed E-state index contributed by atoms with van der Waals surface area (Å²) >= 11 is 0. The molecule has 0 saturated carbocycles. The third kappa shape index (κ3) is 3.38. The van der Waals surface area contributed by atoms with Crippen LogP contribution >= 0.6 is 0 Å². The first-order valence-corrected chi connectivity index (χ1v) is 6.70. The maximum Gasteiger partial charge on any atom is 0.134 e. The van der Waals surface area contributed by atoms with Crippen molar-refractivity contribution in [2.45, 2.75) is 26.2 Å². The molecule has 0 radical (unpaired) electrons. The zero-order valence-electron chi connectivity index (χ0n) is 11.8. The van der Waals surface area contributed by atoms with Crippen molar-refractivity contribution in [2.24, 2.45) is 0 Å². The van der Waals surface area contributed by atoms with E-state index in [4.69, 9.17) is 5.73 Å². The third-order valence-electron chi connectivity index (χ3n) is 3.13. The van der Waals surface area contributed by atoms with Gasteiger partial charge in [-0.1, -0.05) is 26.0 Å². The lowest BCUT2D eigenvalue weighted by molar-refractivity contribution is 0.475. The maximum atomic E-state index is 9.24. The van der Waals surface area contributed by atoms with Crippen molar-refractivity contribution in [1.82, 2.24) is 9.97 Å². The summed E-state index contributed by atoms with van der Waals surface area (Å²) in [5, 5.41) is 12.5. The van der Waals surface area contributed by atoms with Crippen LogP contribution in [-0.4, -0.2) is 21.6 Å². The smallest absolute Gasteiger partial charge is 0.134 e. The van der Waals surface area contributed by atoms with Gasteiger partial charge in [0.2, 0.25) is 0 Å². The second-order valence-corrected chi connectivity index (χ2v) is 5.02. The van der Waals surface area contributed by atoms with Crippen molar-refractivity contribution >= 4 is 11.6 Å². The number of phenols is 1. The molecule has 2 aromatic rings. The van der Waals surface area contributed by atoms with Gasteiger partial charge in [-0.3, -0.25) is 0 Å². The highest BCUT2D eigenvalue weighted by atomic mass is 16.3. The monoisotopic (exact) mass is 272 g/mol. The Labute approximate surface area is 118 Å². The Kier molecular flexibility index (Phi) is 4.40. The summed E-state index contributed by atoms with van der Waals surface area (Å²) < 4.78 is 0. The largest absolute Gasteiger partial charge is 0.508 e. The van der Waals surface area contributed by atoms with Crippen molar-refractivity contribution < 1.29 is 5.11 Å². The fourth-order valence-electron chi connectivity index (χ4n) is 2.11. The highest BCUT2D eigenvalue weighted by molar-refractivity contribution is 5.56. The van der Waals surface area contributed by atoms with Crippen molar-refractivity contribution in [3.05, 3.63) is 41.7 Å². The average molecular weight is 272 g/mol. The molecular weight excluding hydrogens is 252 g/mol. The number of aromatic nitrogens is 2. The fraction of sp³-hybridized carbons (Fsp3) is 0.333. The molecule has 2 rings (SSSR count). The Bertz CT molecular complexity index is 567. The topological polar surface area (TPSA) is 84.1 Å². The summed E-state index contributed by atoms with van der Waals surface area (Å²) in [6, 6.07) is 7.21. The van der Waals surface area contributed by atoms with E-state index in [1.165, 1.54) is 6.33 Å². The zero-order chi connectivity index (χ0) is 14.5. The van der Waals surface area contributed by atoms with Crippen LogP contribution in [0.15, 0.2) is 30.6 Å². The number of anilines is 2. The lowest BCUT2D eigenvalue weighted by atomic mass is 10.0. The van der Waals surface area contributed by atoms with Crippen LogP contribution in [0.25, 0.3) is 0 Å². The Morgan fingerprint density at radius 2 is 1.90 bits per heavy atom. The van der Waals surface area contributed by atoms with Crippen molar-refractivity contribution in [1.29, 1.82) is 0 Å². The predicted molar refractivity (Wildman–Crippen MR) is 80.8 cm³/mol. The maximum absolute atomic E-state index is 9.24. The van der Waals surface area contributed by atoms with Crippen molar-refractivity contribution in [2.75, 3.05) is 17.6 Å². The van der Waals surface area contributed by atoms with E-state index in [1.807, 2.05) is 12.1 Å². The van der Waals surface area contributed by atoms with E-state index in [1.54, 1.807) is 12.1 Å². The minimum atomic E-state index is 0.271. The van der Waals surface area contributed by atoms with Crippen LogP contribution in [-0.2, 0) is 6.42 Å². The molecule has 0 aliphatic rings. The third-order valence-corrected chi connectivity index (χ3v) is 3.13. The zero-order valence-corrected chi connectivity index (χ0v) is 11.8. The van der Waals surface area contributed by atoms with Gasteiger partial charge in [0.1, 0.15) is 23.7 Å². The SMILES string of the molecule is CC(C)c1c(N)ncnc1NCCc1ccc(O)cc1. The highest BCUT2D eigenvalue weighted by Crippen LogP contribution is 2.26. The minimum Gasteiger partial charge on any atom is -0.508 e. The van der Waals surface area contributed by atoms with E-state index < -0.39 is 0 Å². The quantitative estimate of drug-likeness (QED) is 0.779. The van der Waals surface area contributed by atoms with Gasteiger partial charge in [-0.05, 0) is 30.0 Å². The van der Waals surface area contributed by atoms with E-state index in [-0.39, 0.29) is 11.7 Å². The molecule has 0 saturated heterocycles. The van der Waals surface area contributed by atoms with Gasteiger partial charge < -0.3 is 16.2 Å². The molecule has 0 aliphatic heterocycles. The van der Waals surface area contributed by atoms with E-state index >= 15 is 0 Å². The van der Waals surface area contributed by atoms with Crippen LogP contribution in [0, 0.1) is 0 Å². The standard InChI is InChI=1S/C15H20N4O/c1-10(2)13-14(16)18-9-19-15(13)17-8-7-11-3-5-12(20)6-4-11/h3-6,9-10,20H,7-8H2,1-2H3,(H3,16,17,18,19). The predicted octanol–water partition coefficient (Wildman–Crippen LogP) is 2.54. The molecule has 20 heavy (non-hydrogen) atoms. The number of rotatable bonds is 5. The van der Waals surface area contributed by atoms with Gasteiger partial charge >= 0.3 is 0 Å². The Morgan fingerprint density at radius 1 is 1.20 bits per heavy atom. The molecule has 4 N–H and O–H groups in total. The van der Waals surface area contributed by atoms with Gasteiger partial charge in [0, 0.05) is 12.1 Å². The van der Waals surface area contributed by atoms with Gasteiger partial charge in [0.05, 0.1) is 0 Å². The van der Waals surface area contributed by atoms with E-state index in [9.17, 15) is 5.11 Å². The fourth-order valence-corrected chi connectivity index (χ4v) is 2.11. The van der Waals surface area contributed by atoms with Crippen LogP contribution in [0.4, 0.5) is 11.6 Å². The second kappa shape index (κ2) is 6.23. The number of nitrogens with one attached hydrogen (secondary N) is 1. The summed E-state index contributed by atoms with van der Waals surface area (Å²) in [5.74, 6) is 1.88. The summed E-state index contributed by atoms with van der Waals surface area (Å²) in [7, 11) is 0. The first-order chi connectivity index (χ1) is 9.58. The van der Waals surface area contributed by atoms with Gasteiger partial charge in [0.25, 0.3) is 0 Å². The summed E-state index contributed by atoms with van der Waals surface area (Å²) in [6.45, 7) is 4.89. The summed E-state index contributed by atoms with van der Waals surface area (Å²) in [5.41, 5.74) is 8.02. The van der Waals surface area contributed by atoms with Crippen molar-refractivity contribution in [3.63, 3.8) is 0 Å². The molecule has 0 bridgehead atoms. The lowest BCUT2D eigenvalue weighted by Crippen LogP contribution is -2.11. The van der Waals surface area contributed by atoms with E-state index in [0.29, 0.717) is 5.82 Å². The van der Waals surface area contributed by atoms with E-state index in [2.05, 4.69) is 29.1 Å². The van der Waals surface area contributed by atoms with E-state index in [0.717, 1.165) is 29.9 Å². The Hall–Kier alpha value is -2.30. The number of aromatic hydroxyl groups is 1. The van der Waals surface area contributed by atoms with Gasteiger partial charge in [0.15, 0.2) is 0 Å². The lowest BCUT2D eigenvalue weighted by Gasteiger charge is -2.14. The second-order valence-electron chi connectivity index (χ2n) is 5.02. The van der Waals surface area contributed by atoms with Crippen LogP contribution in [0.2, 0.25) is 0 Å². The molecular formula is C15H20N4O. The van der Waals surface area contributed by atoms with Gasteiger partial charge in [-0.25, -0.2) is 9.97 Å². The number of hydrogen-bond donors (Lipinski definition) is 3.